The van der Waals surface area contributed by atoms with Gasteiger partial charge in [0.25, 0.3) is 0 Å². The van der Waals surface area contributed by atoms with Gasteiger partial charge in [0, 0.05) is 18.1 Å². The van der Waals surface area contributed by atoms with E-state index in [1.165, 1.54) is 6.07 Å². The van der Waals surface area contributed by atoms with E-state index < -0.39 is 26.7 Å². The lowest BCUT2D eigenvalue weighted by Gasteiger charge is -2.31. The molecule has 0 amide bonds. The van der Waals surface area contributed by atoms with Crippen molar-refractivity contribution in [1.82, 2.24) is 9.62 Å². The zero-order valence-corrected chi connectivity index (χ0v) is 14.8. The van der Waals surface area contributed by atoms with Crippen LogP contribution in [-0.2, 0) is 16.2 Å². The van der Waals surface area contributed by atoms with Gasteiger partial charge in [-0.2, -0.15) is 17.5 Å². The summed E-state index contributed by atoms with van der Waals surface area (Å²) in [6.07, 6.45) is -2.55. The normalized spacial score (nSPS) is 18.0. The van der Waals surface area contributed by atoms with Crippen molar-refractivity contribution < 1.29 is 21.6 Å². The Labute approximate surface area is 145 Å². The summed E-state index contributed by atoms with van der Waals surface area (Å²) < 4.78 is 66.0. The number of alkyl halides is 3. The molecule has 0 radical (unpaired) electrons. The molecule has 0 saturated carbocycles. The third kappa shape index (κ3) is 4.41. The highest BCUT2D eigenvalue weighted by Crippen LogP contribution is 2.37. The molecule has 0 unspecified atom stereocenters. The zero-order chi connectivity index (χ0) is 18.0. The molecule has 1 fully saturated rings. The van der Waals surface area contributed by atoms with Crippen molar-refractivity contribution in [1.29, 1.82) is 0 Å². The molecule has 1 saturated heterocycles. The standard InChI is InChI=1S/C15H20ClF3N2O2S/c1-20-7-4-11-5-8-21(9-6-11)24(22,23)14-3-2-12(16)10-13(14)15(17,18)19/h2-3,10-11,20H,4-9H2,1H3. The second kappa shape index (κ2) is 7.59. The van der Waals surface area contributed by atoms with Gasteiger partial charge < -0.3 is 5.32 Å². The number of hydrogen-bond donors (Lipinski definition) is 1. The van der Waals surface area contributed by atoms with Gasteiger partial charge in [0.1, 0.15) is 0 Å². The van der Waals surface area contributed by atoms with E-state index in [-0.39, 0.29) is 18.1 Å². The van der Waals surface area contributed by atoms with Crippen LogP contribution in [0.3, 0.4) is 0 Å². The van der Waals surface area contributed by atoms with E-state index in [0.717, 1.165) is 23.3 Å². The van der Waals surface area contributed by atoms with Crippen LogP contribution in [0.25, 0.3) is 0 Å². The molecule has 0 aliphatic carbocycles. The van der Waals surface area contributed by atoms with Gasteiger partial charge in [0.05, 0.1) is 10.5 Å². The highest BCUT2D eigenvalue weighted by Gasteiger charge is 2.40. The van der Waals surface area contributed by atoms with Crippen LogP contribution >= 0.6 is 11.6 Å². The van der Waals surface area contributed by atoms with Gasteiger partial charge in [-0.1, -0.05) is 11.6 Å². The molecule has 9 heteroatoms. The van der Waals surface area contributed by atoms with Crippen LogP contribution in [-0.4, -0.2) is 39.4 Å². The summed E-state index contributed by atoms with van der Waals surface area (Å²) in [5.74, 6) is 0.385. The molecule has 136 valence electrons. The molecule has 1 aliphatic rings. The maximum atomic E-state index is 13.2. The Morgan fingerprint density at radius 2 is 1.92 bits per heavy atom. The van der Waals surface area contributed by atoms with E-state index in [2.05, 4.69) is 5.32 Å². The molecule has 0 spiro atoms. The van der Waals surface area contributed by atoms with Gasteiger partial charge >= 0.3 is 6.18 Å². The maximum Gasteiger partial charge on any atom is 0.417 e. The first-order chi connectivity index (χ1) is 11.2. The summed E-state index contributed by atoms with van der Waals surface area (Å²) in [5.41, 5.74) is -1.22. The number of sulfonamides is 1. The molecule has 0 atom stereocenters. The van der Waals surface area contributed by atoms with Crippen molar-refractivity contribution in [3.63, 3.8) is 0 Å². The number of hydrogen-bond acceptors (Lipinski definition) is 3. The van der Waals surface area contributed by atoms with Crippen molar-refractivity contribution in [3.8, 4) is 0 Å². The first-order valence-electron chi connectivity index (χ1n) is 7.67. The summed E-state index contributed by atoms with van der Waals surface area (Å²) in [6, 6.07) is 2.77. The first kappa shape index (κ1) is 19.5. The Balaban J connectivity index is 2.23. The summed E-state index contributed by atoms with van der Waals surface area (Å²) in [5, 5.41) is 2.90. The van der Waals surface area contributed by atoms with Crippen molar-refractivity contribution in [2.24, 2.45) is 5.92 Å². The van der Waals surface area contributed by atoms with E-state index >= 15 is 0 Å². The minimum atomic E-state index is -4.78. The lowest BCUT2D eigenvalue weighted by molar-refractivity contribution is -0.139. The molecule has 1 heterocycles. The fourth-order valence-electron chi connectivity index (χ4n) is 2.87. The van der Waals surface area contributed by atoms with Gasteiger partial charge in [-0.05, 0) is 57.0 Å². The molecule has 1 aliphatic heterocycles. The van der Waals surface area contributed by atoms with Crippen molar-refractivity contribution in [3.05, 3.63) is 28.8 Å². The highest BCUT2D eigenvalue weighted by molar-refractivity contribution is 7.89. The molecule has 0 bridgehead atoms. The molecule has 24 heavy (non-hydrogen) atoms. The molecule has 1 aromatic carbocycles. The molecule has 4 nitrogen and oxygen atoms in total. The number of nitrogens with zero attached hydrogens (tertiary/aromatic N) is 1. The average molecular weight is 385 g/mol. The Bertz CT molecular complexity index is 672. The van der Waals surface area contributed by atoms with Crippen molar-refractivity contribution in [2.75, 3.05) is 26.7 Å². The Hall–Kier alpha value is -0.830. The summed E-state index contributed by atoms with van der Waals surface area (Å²) in [4.78, 5) is -0.729. The van der Waals surface area contributed by atoms with Gasteiger partial charge in [0.15, 0.2) is 0 Å². The second-order valence-electron chi connectivity index (χ2n) is 5.88. The van der Waals surface area contributed by atoms with Crippen molar-refractivity contribution >= 4 is 21.6 Å². The predicted molar refractivity (Wildman–Crippen MR) is 86.5 cm³/mol. The Kier molecular flexibility index (Phi) is 6.17. The topological polar surface area (TPSA) is 49.4 Å². The van der Waals surface area contributed by atoms with E-state index in [0.29, 0.717) is 24.8 Å². The second-order valence-corrected chi connectivity index (χ2v) is 8.22. The van der Waals surface area contributed by atoms with E-state index in [1.54, 1.807) is 0 Å². The highest BCUT2D eigenvalue weighted by atomic mass is 35.5. The minimum Gasteiger partial charge on any atom is -0.320 e. The quantitative estimate of drug-likeness (QED) is 0.846. The molecule has 1 aromatic rings. The average Bonchev–Trinajstić information content (AvgIpc) is 2.52. The van der Waals surface area contributed by atoms with Crippen LogP contribution < -0.4 is 5.32 Å². The van der Waals surface area contributed by atoms with Crippen LogP contribution in [0.1, 0.15) is 24.8 Å². The first-order valence-corrected chi connectivity index (χ1v) is 9.49. The number of benzene rings is 1. The number of rotatable bonds is 5. The van der Waals surface area contributed by atoms with Crippen LogP contribution in [0.4, 0.5) is 13.2 Å². The minimum absolute atomic E-state index is 0.146. The molecular weight excluding hydrogens is 365 g/mol. The van der Waals surface area contributed by atoms with Gasteiger partial charge in [-0.15, -0.1) is 0 Å². The SMILES string of the molecule is CNCCC1CCN(S(=O)(=O)c2ccc(Cl)cc2C(F)(F)F)CC1. The summed E-state index contributed by atoms with van der Waals surface area (Å²) in [6.45, 7) is 1.31. The van der Waals surface area contributed by atoms with Gasteiger partial charge in [0.2, 0.25) is 10.0 Å². The Morgan fingerprint density at radius 3 is 2.46 bits per heavy atom. The van der Waals surface area contributed by atoms with Crippen LogP contribution in [0.5, 0.6) is 0 Å². The number of nitrogens with one attached hydrogen (secondary N) is 1. The van der Waals surface area contributed by atoms with Gasteiger partial charge in [-0.25, -0.2) is 8.42 Å². The molecular formula is C15H20ClF3N2O2S. The van der Waals surface area contributed by atoms with Crippen LogP contribution in [0, 0.1) is 5.92 Å². The van der Waals surface area contributed by atoms with Crippen LogP contribution in [0.15, 0.2) is 23.1 Å². The largest absolute Gasteiger partial charge is 0.417 e. The summed E-state index contributed by atoms with van der Waals surface area (Å²) in [7, 11) is -2.35. The third-order valence-corrected chi connectivity index (χ3v) is 6.43. The monoisotopic (exact) mass is 384 g/mol. The van der Waals surface area contributed by atoms with Gasteiger partial charge in [-0.3, -0.25) is 0 Å². The fraction of sp³-hybridized carbons (Fsp3) is 0.600. The number of piperidine rings is 1. The molecule has 0 aromatic heterocycles. The summed E-state index contributed by atoms with van der Waals surface area (Å²) >= 11 is 5.61. The van der Waals surface area contributed by atoms with E-state index in [9.17, 15) is 21.6 Å². The molecule has 1 N–H and O–H groups in total. The van der Waals surface area contributed by atoms with E-state index in [1.807, 2.05) is 7.05 Å². The fourth-order valence-corrected chi connectivity index (χ4v) is 4.71. The molecule has 2 rings (SSSR count). The predicted octanol–water partition coefficient (Wildman–Crippen LogP) is 3.37. The number of halogens is 4. The lowest BCUT2D eigenvalue weighted by Crippen LogP contribution is -2.39. The smallest absolute Gasteiger partial charge is 0.320 e. The lowest BCUT2D eigenvalue weighted by atomic mass is 9.95. The maximum absolute atomic E-state index is 13.2. The van der Waals surface area contributed by atoms with Crippen molar-refractivity contribution in [2.45, 2.75) is 30.3 Å². The Morgan fingerprint density at radius 1 is 1.29 bits per heavy atom. The van der Waals surface area contributed by atoms with Crippen LogP contribution in [0.2, 0.25) is 5.02 Å². The zero-order valence-electron chi connectivity index (χ0n) is 13.2. The third-order valence-electron chi connectivity index (χ3n) is 4.24. The van der Waals surface area contributed by atoms with E-state index in [4.69, 9.17) is 11.6 Å².